The average Bonchev–Trinajstić information content (AvgIpc) is 3.92. The molecule has 13 heteroatoms. The van der Waals surface area contributed by atoms with E-state index in [0.717, 1.165) is 33.8 Å². The Bertz CT molecular complexity index is 2420. The van der Waals surface area contributed by atoms with E-state index in [0.29, 0.717) is 71.1 Å². The molecule has 13 nitrogen and oxygen atoms in total. The van der Waals surface area contributed by atoms with Crippen molar-refractivity contribution in [2.45, 2.75) is 60.9 Å². The molecule has 0 atom stereocenters. The lowest BCUT2D eigenvalue weighted by molar-refractivity contribution is 0.0945. The Kier molecular flexibility index (Phi) is 12.3. The largest absolute Gasteiger partial charge is 0.497 e. The van der Waals surface area contributed by atoms with Crippen LogP contribution in [0.1, 0.15) is 59.3 Å². The van der Waals surface area contributed by atoms with Crippen molar-refractivity contribution in [2.75, 3.05) is 21.3 Å². The van der Waals surface area contributed by atoms with Crippen LogP contribution in [0.5, 0.6) is 23.0 Å². The molecule has 0 radical (unpaired) electrons. The number of aryl methyl sites for hydroxylation is 3. The molecule has 56 heavy (non-hydrogen) atoms. The molecule has 0 bridgehead atoms. The summed E-state index contributed by atoms with van der Waals surface area (Å²) in [6.07, 6.45) is 3.60. The second-order valence-electron chi connectivity index (χ2n) is 12.7. The molecule has 1 amide bonds. The zero-order valence-electron chi connectivity index (χ0n) is 33.2. The number of benzene rings is 3. The predicted molar refractivity (Wildman–Crippen MR) is 216 cm³/mol. The minimum Gasteiger partial charge on any atom is -0.497 e. The van der Waals surface area contributed by atoms with Gasteiger partial charge in [0.1, 0.15) is 40.9 Å². The molecule has 4 aromatic heterocycles. The second-order valence-corrected chi connectivity index (χ2v) is 12.7. The maximum Gasteiger partial charge on any atom is 0.268 e. The van der Waals surface area contributed by atoms with Crippen molar-refractivity contribution >= 4 is 11.4 Å². The molecule has 1 N–H and O–H groups in total. The van der Waals surface area contributed by atoms with Crippen molar-refractivity contribution in [3.8, 4) is 45.9 Å². The lowest BCUT2D eigenvalue weighted by atomic mass is 10.1. The molecule has 0 unspecified atom stereocenters. The standard InChI is InChI=1S/C41H42N8O5.C2H6/c1-7-49-37(38(27(3)46-49)54-25-29-11-9-8-10-12-29)40-45-44-39(48(40)24-28-13-16-31(51-4)17-14-28)33-20-34(47-23-26(2)42-22-35(33)47)41(50)43-21-30-15-18-32(52-5)19-36(30)53-6;1-2/h8-20,22-23H,7,21,24-25H2,1-6H3,(H,43,50);1-2H3. The van der Waals surface area contributed by atoms with Gasteiger partial charge in [-0.2, -0.15) is 5.10 Å². The summed E-state index contributed by atoms with van der Waals surface area (Å²) in [4.78, 5) is 18.6. The van der Waals surface area contributed by atoms with Crippen molar-refractivity contribution in [2.24, 2.45) is 0 Å². The van der Waals surface area contributed by atoms with E-state index in [1.807, 2.05) is 127 Å². The van der Waals surface area contributed by atoms with Gasteiger partial charge in [-0.1, -0.05) is 56.3 Å². The summed E-state index contributed by atoms with van der Waals surface area (Å²) in [5, 5.41) is 17.5. The fourth-order valence-corrected chi connectivity index (χ4v) is 6.47. The van der Waals surface area contributed by atoms with Crippen LogP contribution in [0.4, 0.5) is 0 Å². The smallest absolute Gasteiger partial charge is 0.268 e. The number of nitrogens with zero attached hydrogens (tertiary/aromatic N) is 7. The molecule has 290 valence electrons. The highest BCUT2D eigenvalue weighted by molar-refractivity contribution is 5.97. The van der Waals surface area contributed by atoms with E-state index in [1.54, 1.807) is 33.6 Å². The van der Waals surface area contributed by atoms with Gasteiger partial charge in [-0.15, -0.1) is 10.2 Å². The van der Waals surface area contributed by atoms with Crippen LogP contribution in [0.3, 0.4) is 0 Å². The Labute approximate surface area is 326 Å². The van der Waals surface area contributed by atoms with E-state index in [4.69, 9.17) is 34.2 Å². The summed E-state index contributed by atoms with van der Waals surface area (Å²) in [6, 6.07) is 25.2. The number of amides is 1. The number of nitrogens with one attached hydrogen (secondary N) is 1. The Morgan fingerprint density at radius 1 is 0.821 bits per heavy atom. The van der Waals surface area contributed by atoms with E-state index >= 15 is 0 Å². The minimum absolute atomic E-state index is 0.239. The maximum absolute atomic E-state index is 14.0. The van der Waals surface area contributed by atoms with Crippen molar-refractivity contribution in [1.82, 2.24) is 39.2 Å². The van der Waals surface area contributed by atoms with Crippen LogP contribution in [-0.4, -0.2) is 61.2 Å². The average molecular weight is 757 g/mol. The third kappa shape index (κ3) is 8.07. The van der Waals surface area contributed by atoms with Crippen molar-refractivity contribution in [1.29, 1.82) is 0 Å². The zero-order valence-corrected chi connectivity index (χ0v) is 33.2. The van der Waals surface area contributed by atoms with Crippen LogP contribution in [0.2, 0.25) is 0 Å². The molecule has 0 aliphatic rings. The monoisotopic (exact) mass is 756 g/mol. The summed E-state index contributed by atoms with van der Waals surface area (Å²) in [6.45, 7) is 11.4. The number of hydrogen-bond acceptors (Lipinski definition) is 9. The number of aromatic nitrogens is 7. The summed E-state index contributed by atoms with van der Waals surface area (Å²) < 4.78 is 28.6. The fraction of sp³-hybridized carbons (Fsp3) is 0.279. The first-order valence-corrected chi connectivity index (χ1v) is 18.6. The molecule has 0 aliphatic heterocycles. The molecule has 0 saturated carbocycles. The first-order chi connectivity index (χ1) is 27.3. The van der Waals surface area contributed by atoms with Gasteiger partial charge in [-0.05, 0) is 62.2 Å². The van der Waals surface area contributed by atoms with E-state index < -0.39 is 0 Å². The van der Waals surface area contributed by atoms with Gasteiger partial charge < -0.3 is 33.2 Å². The highest BCUT2D eigenvalue weighted by Gasteiger charge is 2.28. The third-order valence-corrected chi connectivity index (χ3v) is 9.25. The topological polar surface area (TPSA) is 132 Å². The molecule has 0 saturated heterocycles. The molecular formula is C43H48N8O5. The summed E-state index contributed by atoms with van der Waals surface area (Å²) in [7, 11) is 4.83. The Hall–Kier alpha value is -6.63. The quantitative estimate of drug-likeness (QED) is 0.119. The van der Waals surface area contributed by atoms with Crippen LogP contribution in [0, 0.1) is 13.8 Å². The molecule has 0 spiro atoms. The van der Waals surface area contributed by atoms with Crippen molar-refractivity contribution in [3.05, 3.63) is 125 Å². The van der Waals surface area contributed by atoms with Gasteiger partial charge in [0, 0.05) is 36.5 Å². The van der Waals surface area contributed by atoms with Gasteiger partial charge in [0.05, 0.1) is 45.3 Å². The first-order valence-electron chi connectivity index (χ1n) is 18.6. The van der Waals surface area contributed by atoms with Crippen LogP contribution in [0.25, 0.3) is 28.4 Å². The molecule has 7 aromatic rings. The fourth-order valence-electron chi connectivity index (χ4n) is 6.47. The number of methoxy groups -OCH3 is 3. The molecule has 3 aromatic carbocycles. The Morgan fingerprint density at radius 3 is 2.23 bits per heavy atom. The lowest BCUT2D eigenvalue weighted by Gasteiger charge is -2.14. The van der Waals surface area contributed by atoms with E-state index in [1.165, 1.54) is 0 Å². The molecule has 4 heterocycles. The zero-order chi connectivity index (χ0) is 39.8. The van der Waals surface area contributed by atoms with Crippen LogP contribution in [-0.2, 0) is 26.2 Å². The highest BCUT2D eigenvalue weighted by Crippen LogP contribution is 2.37. The van der Waals surface area contributed by atoms with Crippen molar-refractivity contribution < 1.29 is 23.7 Å². The first kappa shape index (κ1) is 39.1. The number of carbonyl (C=O) groups is 1. The van der Waals surface area contributed by atoms with Crippen LogP contribution >= 0.6 is 0 Å². The maximum atomic E-state index is 14.0. The number of carbonyl (C=O) groups excluding carboxylic acids is 1. The van der Waals surface area contributed by atoms with Gasteiger partial charge in [0.2, 0.25) is 0 Å². The van der Waals surface area contributed by atoms with Gasteiger partial charge in [0.25, 0.3) is 5.91 Å². The van der Waals surface area contributed by atoms with E-state index in [2.05, 4.69) is 10.3 Å². The molecule has 0 fully saturated rings. The number of hydrogen-bond donors (Lipinski definition) is 1. The Balaban J connectivity index is 0.00000262. The molecule has 7 rings (SSSR count). The third-order valence-electron chi connectivity index (χ3n) is 9.25. The number of rotatable bonds is 14. The van der Waals surface area contributed by atoms with E-state index in [-0.39, 0.29) is 12.5 Å². The normalized spacial score (nSPS) is 10.9. The Morgan fingerprint density at radius 2 is 1.54 bits per heavy atom. The summed E-state index contributed by atoms with van der Waals surface area (Å²) in [5.41, 5.74) is 6.84. The SMILES string of the molecule is CC.CCn1nc(C)c(OCc2ccccc2)c1-c1nnc(-c2cc(C(=O)NCc3ccc(OC)cc3OC)n3cc(C)ncc23)n1Cc1ccc(OC)cc1. The lowest BCUT2D eigenvalue weighted by Crippen LogP contribution is -2.24. The van der Waals surface area contributed by atoms with Crippen LogP contribution < -0.4 is 24.3 Å². The summed E-state index contributed by atoms with van der Waals surface area (Å²) >= 11 is 0. The van der Waals surface area contributed by atoms with Crippen molar-refractivity contribution in [3.63, 3.8) is 0 Å². The predicted octanol–water partition coefficient (Wildman–Crippen LogP) is 7.70. The molecular weight excluding hydrogens is 709 g/mol. The van der Waals surface area contributed by atoms with Gasteiger partial charge in [-0.25, -0.2) is 0 Å². The van der Waals surface area contributed by atoms with E-state index in [9.17, 15) is 4.79 Å². The second kappa shape index (κ2) is 17.7. The number of ether oxygens (including phenoxy) is 4. The van der Waals surface area contributed by atoms with Crippen LogP contribution in [0.15, 0.2) is 91.3 Å². The van der Waals surface area contributed by atoms with Gasteiger partial charge >= 0.3 is 0 Å². The minimum atomic E-state index is -0.280. The highest BCUT2D eigenvalue weighted by atomic mass is 16.5. The number of fused-ring (bicyclic) bond motifs is 1. The van der Waals surface area contributed by atoms with Gasteiger partial charge in [0.15, 0.2) is 17.4 Å². The molecule has 0 aliphatic carbocycles. The summed E-state index contributed by atoms with van der Waals surface area (Å²) in [5.74, 6) is 3.50. The van der Waals surface area contributed by atoms with Gasteiger partial charge in [-0.3, -0.25) is 14.5 Å².